The Bertz CT molecular complexity index is 1050. The molecule has 0 spiro atoms. The van der Waals surface area contributed by atoms with E-state index in [-0.39, 0.29) is 11.6 Å². The van der Waals surface area contributed by atoms with Crippen molar-refractivity contribution in [1.29, 1.82) is 0 Å². The topological polar surface area (TPSA) is 112 Å². The van der Waals surface area contributed by atoms with Crippen LogP contribution in [0.1, 0.15) is 22.8 Å². The Labute approximate surface area is 165 Å². The minimum Gasteiger partial charge on any atom is -0.497 e. The third-order valence-electron chi connectivity index (χ3n) is 3.92. The molecule has 0 aliphatic carbocycles. The Morgan fingerprint density at radius 2 is 1.96 bits per heavy atom. The van der Waals surface area contributed by atoms with Crippen LogP contribution in [0.3, 0.4) is 0 Å². The number of nitrogens with two attached hydrogens (primary N) is 1. The largest absolute Gasteiger partial charge is 0.497 e. The van der Waals surface area contributed by atoms with E-state index in [0.717, 1.165) is 16.0 Å². The van der Waals surface area contributed by atoms with Crippen LogP contribution in [0.15, 0.2) is 58.5 Å². The number of anilines is 2. The van der Waals surface area contributed by atoms with Crippen LogP contribution < -0.4 is 21.5 Å². The number of thioether (sulfide) groups is 1. The summed E-state index contributed by atoms with van der Waals surface area (Å²) < 4.78 is 6.09. The molecular formula is C19H19N5O3S. The summed E-state index contributed by atoms with van der Waals surface area (Å²) in [5.74, 6) is 7.15. The predicted molar refractivity (Wildman–Crippen MR) is 109 cm³/mol. The van der Waals surface area contributed by atoms with Gasteiger partial charge in [0.2, 0.25) is 11.0 Å². The molecule has 0 unspecified atom stereocenters. The summed E-state index contributed by atoms with van der Waals surface area (Å²) in [6.07, 6.45) is 0. The average Bonchev–Trinajstić information content (AvgIpc) is 2.71. The van der Waals surface area contributed by atoms with Crippen molar-refractivity contribution in [2.45, 2.75) is 17.8 Å². The minimum atomic E-state index is -0.513. The monoisotopic (exact) mass is 397 g/mol. The van der Waals surface area contributed by atoms with Gasteiger partial charge in [0.05, 0.1) is 7.11 Å². The Hall–Kier alpha value is -3.33. The number of nitrogens with one attached hydrogen (secondary N) is 1. The number of carbonyl (C=O) groups excluding carboxylic acids is 1. The van der Waals surface area contributed by atoms with Gasteiger partial charge in [0.25, 0.3) is 0 Å². The van der Waals surface area contributed by atoms with Crippen LogP contribution >= 0.6 is 11.8 Å². The second-order valence-corrected chi connectivity index (χ2v) is 6.85. The number of aromatic nitrogens is 3. The Kier molecular flexibility index (Phi) is 5.95. The molecule has 0 fully saturated rings. The second kappa shape index (κ2) is 8.57. The lowest BCUT2D eigenvalue weighted by Gasteiger charge is -2.09. The van der Waals surface area contributed by atoms with Crippen molar-refractivity contribution in [3.63, 3.8) is 0 Å². The Morgan fingerprint density at radius 3 is 2.64 bits per heavy atom. The van der Waals surface area contributed by atoms with Crippen LogP contribution in [0, 0.1) is 0 Å². The standard InChI is InChI=1S/C19H19N5O3S/c1-12(25)14-4-3-5-15(10-14)21-17-18(26)24(20)19(23-22-17)28-11-13-6-8-16(27-2)9-7-13/h3-10H,11,20H2,1-2H3,(H,21,22). The summed E-state index contributed by atoms with van der Waals surface area (Å²) in [6, 6.07) is 14.3. The van der Waals surface area contributed by atoms with Gasteiger partial charge in [-0.15, -0.1) is 10.2 Å². The number of hydrogen-bond donors (Lipinski definition) is 2. The molecule has 2 aromatic carbocycles. The molecule has 0 aliphatic heterocycles. The maximum atomic E-state index is 12.5. The lowest BCUT2D eigenvalue weighted by Crippen LogP contribution is -2.32. The number of benzene rings is 2. The van der Waals surface area contributed by atoms with E-state index in [9.17, 15) is 9.59 Å². The van der Waals surface area contributed by atoms with E-state index in [1.807, 2.05) is 24.3 Å². The molecule has 0 radical (unpaired) electrons. The van der Waals surface area contributed by atoms with Crippen molar-refractivity contribution >= 4 is 29.1 Å². The highest BCUT2D eigenvalue weighted by atomic mass is 32.2. The van der Waals surface area contributed by atoms with Crippen LogP contribution in [0.4, 0.5) is 11.5 Å². The molecule has 28 heavy (non-hydrogen) atoms. The molecule has 3 rings (SSSR count). The number of ketones is 1. The fourth-order valence-electron chi connectivity index (χ4n) is 2.38. The highest BCUT2D eigenvalue weighted by molar-refractivity contribution is 7.98. The molecular weight excluding hydrogens is 378 g/mol. The zero-order valence-corrected chi connectivity index (χ0v) is 16.2. The minimum absolute atomic E-state index is 0.0167. The number of carbonyl (C=O) groups is 1. The first-order valence-corrected chi connectivity index (χ1v) is 9.35. The molecule has 9 heteroatoms. The fraction of sp³-hybridized carbons (Fsp3) is 0.158. The summed E-state index contributed by atoms with van der Waals surface area (Å²) >= 11 is 1.30. The van der Waals surface area contributed by atoms with Crippen molar-refractivity contribution in [1.82, 2.24) is 14.9 Å². The van der Waals surface area contributed by atoms with Crippen molar-refractivity contribution in [2.24, 2.45) is 0 Å². The first kappa shape index (κ1) is 19.4. The molecule has 0 amide bonds. The number of nitrogen functional groups attached to an aromatic ring is 1. The second-order valence-electron chi connectivity index (χ2n) is 5.91. The van der Waals surface area contributed by atoms with E-state index in [0.29, 0.717) is 22.2 Å². The summed E-state index contributed by atoms with van der Waals surface area (Å²) in [7, 11) is 1.61. The van der Waals surface area contributed by atoms with Gasteiger partial charge in [-0.2, -0.15) is 4.68 Å². The molecule has 1 aromatic heterocycles. The first-order valence-electron chi connectivity index (χ1n) is 8.36. The summed E-state index contributed by atoms with van der Waals surface area (Å²) in [5.41, 5.74) is 1.60. The van der Waals surface area contributed by atoms with Gasteiger partial charge in [0, 0.05) is 17.0 Å². The van der Waals surface area contributed by atoms with Crippen LogP contribution in [-0.2, 0) is 5.75 Å². The number of ether oxygens (including phenoxy) is 1. The number of nitrogens with zero attached hydrogens (tertiary/aromatic N) is 3. The van der Waals surface area contributed by atoms with Crippen LogP contribution in [0.2, 0.25) is 0 Å². The molecule has 1 heterocycles. The molecule has 144 valence electrons. The third-order valence-corrected chi connectivity index (χ3v) is 4.94. The van der Waals surface area contributed by atoms with E-state index >= 15 is 0 Å². The number of hydrogen-bond acceptors (Lipinski definition) is 8. The smallest absolute Gasteiger partial charge is 0.315 e. The van der Waals surface area contributed by atoms with E-state index in [4.69, 9.17) is 10.6 Å². The fourth-order valence-corrected chi connectivity index (χ4v) is 3.19. The normalized spacial score (nSPS) is 10.5. The van der Waals surface area contributed by atoms with Crippen molar-refractivity contribution in [3.05, 3.63) is 70.0 Å². The van der Waals surface area contributed by atoms with Crippen LogP contribution in [0.25, 0.3) is 0 Å². The van der Waals surface area contributed by atoms with Gasteiger partial charge in [-0.05, 0) is 36.8 Å². The maximum Gasteiger partial charge on any atom is 0.315 e. The average molecular weight is 397 g/mol. The Morgan fingerprint density at radius 1 is 1.21 bits per heavy atom. The zero-order chi connectivity index (χ0) is 20.1. The molecule has 0 atom stereocenters. The molecule has 3 aromatic rings. The third kappa shape index (κ3) is 4.49. The van der Waals surface area contributed by atoms with Crippen LogP contribution in [0.5, 0.6) is 5.75 Å². The van der Waals surface area contributed by atoms with Crippen molar-refractivity contribution < 1.29 is 9.53 Å². The van der Waals surface area contributed by atoms with Crippen LogP contribution in [-0.4, -0.2) is 27.8 Å². The van der Waals surface area contributed by atoms with E-state index < -0.39 is 5.56 Å². The van der Waals surface area contributed by atoms with Gasteiger partial charge < -0.3 is 15.9 Å². The molecule has 3 N–H and O–H groups in total. The van der Waals surface area contributed by atoms with Gasteiger partial charge in [-0.25, -0.2) is 0 Å². The molecule has 0 saturated carbocycles. The van der Waals surface area contributed by atoms with Crippen molar-refractivity contribution in [2.75, 3.05) is 18.3 Å². The molecule has 0 saturated heterocycles. The van der Waals surface area contributed by atoms with Gasteiger partial charge in [-0.3, -0.25) is 9.59 Å². The van der Waals surface area contributed by atoms with E-state index in [1.54, 1.807) is 31.4 Å². The Balaban J connectivity index is 1.74. The molecule has 8 nitrogen and oxygen atoms in total. The SMILES string of the molecule is COc1ccc(CSc2nnc(Nc3cccc(C(C)=O)c3)c(=O)n2N)cc1. The highest BCUT2D eigenvalue weighted by Gasteiger charge is 2.12. The number of Topliss-reactive ketones (excluding diaryl/α,β-unsaturated/α-hetero) is 1. The van der Waals surface area contributed by atoms with Gasteiger partial charge in [0.1, 0.15) is 5.75 Å². The van der Waals surface area contributed by atoms with Gasteiger partial charge >= 0.3 is 5.56 Å². The van der Waals surface area contributed by atoms with Gasteiger partial charge in [-0.1, -0.05) is 36.0 Å². The summed E-state index contributed by atoms with van der Waals surface area (Å²) in [5, 5.41) is 11.1. The highest BCUT2D eigenvalue weighted by Crippen LogP contribution is 2.21. The predicted octanol–water partition coefficient (Wildman–Crippen LogP) is 2.60. The summed E-state index contributed by atoms with van der Waals surface area (Å²) in [4.78, 5) is 24.0. The molecule has 0 bridgehead atoms. The number of rotatable bonds is 7. The zero-order valence-electron chi connectivity index (χ0n) is 15.4. The maximum absolute atomic E-state index is 12.5. The molecule has 0 aliphatic rings. The lowest BCUT2D eigenvalue weighted by atomic mass is 10.1. The number of methoxy groups -OCH3 is 1. The first-order chi connectivity index (χ1) is 13.5. The summed E-state index contributed by atoms with van der Waals surface area (Å²) in [6.45, 7) is 1.47. The van der Waals surface area contributed by atoms with E-state index in [1.165, 1.54) is 18.7 Å². The quantitative estimate of drug-likeness (QED) is 0.355. The van der Waals surface area contributed by atoms with E-state index in [2.05, 4.69) is 15.5 Å². The van der Waals surface area contributed by atoms with Crippen molar-refractivity contribution in [3.8, 4) is 5.75 Å². The van der Waals surface area contributed by atoms with Gasteiger partial charge in [0.15, 0.2) is 5.78 Å². The lowest BCUT2D eigenvalue weighted by molar-refractivity contribution is 0.101.